The molecule has 0 atom stereocenters. The van der Waals surface area contributed by atoms with E-state index in [0.717, 1.165) is 11.8 Å². The van der Waals surface area contributed by atoms with Gasteiger partial charge >= 0.3 is 6.18 Å². The van der Waals surface area contributed by atoms with Gasteiger partial charge in [0.25, 0.3) is 5.56 Å². The minimum Gasteiger partial charge on any atom is -0.475 e. The van der Waals surface area contributed by atoms with Crippen molar-refractivity contribution in [3.05, 3.63) is 70.8 Å². The molecule has 0 spiro atoms. The number of para-hydroxylation sites is 1. The molecule has 2 N–H and O–H groups in total. The Bertz CT molecular complexity index is 1220. The number of benzene rings is 1. The summed E-state index contributed by atoms with van der Waals surface area (Å²) in [5.41, 5.74) is -0.272. The SMILES string of the molecule is O=c1[nH]c(NCCOc2ncccc2C(F)(F)F)nc2c1cnn2-c1ccccc1. The number of H-pyrrole nitrogens is 1. The van der Waals surface area contributed by atoms with E-state index in [-0.39, 0.29) is 19.1 Å². The second-order valence-corrected chi connectivity index (χ2v) is 6.17. The number of nitrogens with zero attached hydrogens (tertiary/aromatic N) is 4. The maximum absolute atomic E-state index is 13.0. The van der Waals surface area contributed by atoms with Crippen LogP contribution in [-0.4, -0.2) is 37.9 Å². The Kier molecular flexibility index (Phi) is 5.09. The van der Waals surface area contributed by atoms with Gasteiger partial charge < -0.3 is 10.1 Å². The van der Waals surface area contributed by atoms with Crippen LogP contribution in [0.1, 0.15) is 5.56 Å². The predicted octanol–water partition coefficient (Wildman–Crippen LogP) is 3.01. The van der Waals surface area contributed by atoms with E-state index >= 15 is 0 Å². The molecule has 3 aromatic heterocycles. The quantitative estimate of drug-likeness (QED) is 0.469. The summed E-state index contributed by atoms with van der Waals surface area (Å²) < 4.78 is 45.6. The molecule has 0 bridgehead atoms. The number of hydrogen-bond acceptors (Lipinski definition) is 6. The minimum absolute atomic E-state index is 0.0851. The zero-order valence-electron chi connectivity index (χ0n) is 15.3. The average molecular weight is 416 g/mol. The van der Waals surface area contributed by atoms with Crippen LogP contribution in [0, 0.1) is 0 Å². The number of halogens is 3. The number of aromatic nitrogens is 5. The van der Waals surface area contributed by atoms with Crippen molar-refractivity contribution >= 4 is 17.0 Å². The van der Waals surface area contributed by atoms with Gasteiger partial charge in [0.15, 0.2) is 5.65 Å². The van der Waals surface area contributed by atoms with Crippen molar-refractivity contribution in [3.8, 4) is 11.6 Å². The summed E-state index contributed by atoms with van der Waals surface area (Å²) in [5.74, 6) is -0.364. The molecule has 1 aromatic carbocycles. The molecule has 154 valence electrons. The lowest BCUT2D eigenvalue weighted by Crippen LogP contribution is -2.19. The summed E-state index contributed by atoms with van der Waals surface area (Å²) >= 11 is 0. The molecular formula is C19H15F3N6O2. The van der Waals surface area contributed by atoms with Gasteiger partial charge in [-0.1, -0.05) is 18.2 Å². The van der Waals surface area contributed by atoms with Crippen LogP contribution in [0.25, 0.3) is 16.7 Å². The second-order valence-electron chi connectivity index (χ2n) is 6.17. The molecule has 4 aromatic rings. The number of fused-ring (bicyclic) bond motifs is 1. The summed E-state index contributed by atoms with van der Waals surface area (Å²) in [4.78, 5) is 22.8. The van der Waals surface area contributed by atoms with E-state index in [0.29, 0.717) is 11.0 Å². The van der Waals surface area contributed by atoms with E-state index in [1.54, 1.807) is 0 Å². The van der Waals surface area contributed by atoms with E-state index in [9.17, 15) is 18.0 Å². The van der Waals surface area contributed by atoms with Crippen LogP contribution in [-0.2, 0) is 6.18 Å². The van der Waals surface area contributed by atoms with E-state index in [1.807, 2.05) is 30.3 Å². The van der Waals surface area contributed by atoms with Crippen molar-refractivity contribution in [2.24, 2.45) is 0 Å². The average Bonchev–Trinajstić information content (AvgIpc) is 3.16. The molecule has 0 radical (unpaired) electrons. The van der Waals surface area contributed by atoms with Gasteiger partial charge in [-0.25, -0.2) is 9.67 Å². The monoisotopic (exact) mass is 416 g/mol. The molecule has 0 aliphatic carbocycles. The van der Waals surface area contributed by atoms with E-state index in [4.69, 9.17) is 4.74 Å². The van der Waals surface area contributed by atoms with E-state index in [2.05, 4.69) is 25.4 Å². The molecule has 0 fully saturated rings. The first-order valence-corrected chi connectivity index (χ1v) is 8.86. The van der Waals surface area contributed by atoms with Gasteiger partial charge in [0.05, 0.1) is 18.4 Å². The Labute approximate surface area is 167 Å². The molecule has 3 heterocycles. The highest BCUT2D eigenvalue weighted by atomic mass is 19.4. The molecule has 0 amide bonds. The highest BCUT2D eigenvalue weighted by molar-refractivity contribution is 5.76. The van der Waals surface area contributed by atoms with Crippen LogP contribution >= 0.6 is 0 Å². The smallest absolute Gasteiger partial charge is 0.421 e. The van der Waals surface area contributed by atoms with Crippen LogP contribution in [0.15, 0.2) is 59.7 Å². The number of anilines is 1. The van der Waals surface area contributed by atoms with Crippen molar-refractivity contribution in [2.45, 2.75) is 6.18 Å². The first kappa shape index (κ1) is 19.4. The lowest BCUT2D eigenvalue weighted by atomic mass is 10.2. The standard InChI is InChI=1S/C19H15F3N6O2/c20-19(21,22)14-7-4-8-23-17(14)30-10-9-24-18-26-15-13(16(29)27-18)11-25-28(15)12-5-2-1-3-6-12/h1-8,11H,9-10H2,(H2,24,26,27,29). The maximum atomic E-state index is 13.0. The van der Waals surface area contributed by atoms with Crippen molar-refractivity contribution in [2.75, 3.05) is 18.5 Å². The summed E-state index contributed by atoms with van der Waals surface area (Å²) in [6, 6.07) is 11.2. The molecule has 30 heavy (non-hydrogen) atoms. The fourth-order valence-electron chi connectivity index (χ4n) is 2.80. The fourth-order valence-corrected chi connectivity index (χ4v) is 2.80. The Morgan fingerprint density at radius 2 is 1.93 bits per heavy atom. The van der Waals surface area contributed by atoms with Gasteiger partial charge in [-0.05, 0) is 24.3 Å². The third-order valence-corrected chi connectivity index (χ3v) is 4.15. The first-order valence-electron chi connectivity index (χ1n) is 8.86. The van der Waals surface area contributed by atoms with Gasteiger partial charge in [0, 0.05) is 6.20 Å². The molecule has 0 unspecified atom stereocenters. The summed E-state index contributed by atoms with van der Waals surface area (Å²) in [5, 5.41) is 7.35. The van der Waals surface area contributed by atoms with Crippen LogP contribution < -0.4 is 15.6 Å². The zero-order valence-corrected chi connectivity index (χ0v) is 15.3. The van der Waals surface area contributed by atoms with Gasteiger partial charge in [-0.3, -0.25) is 9.78 Å². The lowest BCUT2D eigenvalue weighted by molar-refractivity contribution is -0.139. The second kappa shape index (κ2) is 7.85. The molecular weight excluding hydrogens is 401 g/mol. The van der Waals surface area contributed by atoms with Crippen LogP contribution in [0.4, 0.5) is 19.1 Å². The van der Waals surface area contributed by atoms with Gasteiger partial charge in [-0.15, -0.1) is 0 Å². The predicted molar refractivity (Wildman–Crippen MR) is 103 cm³/mol. The van der Waals surface area contributed by atoms with Crippen molar-refractivity contribution in [1.82, 2.24) is 24.7 Å². The molecule has 0 aliphatic heterocycles. The Morgan fingerprint density at radius 3 is 2.70 bits per heavy atom. The fraction of sp³-hybridized carbons (Fsp3) is 0.158. The van der Waals surface area contributed by atoms with Gasteiger partial charge in [0.1, 0.15) is 17.6 Å². The maximum Gasteiger partial charge on any atom is 0.421 e. The number of hydrogen-bond donors (Lipinski definition) is 2. The van der Waals surface area contributed by atoms with E-state index < -0.39 is 23.2 Å². The molecule has 11 heteroatoms. The molecule has 0 aliphatic rings. The molecule has 0 saturated heterocycles. The number of nitrogens with one attached hydrogen (secondary N) is 2. The number of ether oxygens (including phenoxy) is 1. The third kappa shape index (κ3) is 3.95. The van der Waals surface area contributed by atoms with Gasteiger partial charge in [0.2, 0.25) is 11.8 Å². The number of rotatable bonds is 6. The third-order valence-electron chi connectivity index (χ3n) is 4.15. The van der Waals surface area contributed by atoms with Crippen molar-refractivity contribution < 1.29 is 17.9 Å². The Hall–Kier alpha value is -3.89. The van der Waals surface area contributed by atoms with E-state index in [1.165, 1.54) is 23.1 Å². The molecule has 0 saturated carbocycles. The van der Waals surface area contributed by atoms with Gasteiger partial charge in [-0.2, -0.15) is 23.3 Å². The minimum atomic E-state index is -4.56. The highest BCUT2D eigenvalue weighted by Gasteiger charge is 2.35. The summed E-state index contributed by atoms with van der Waals surface area (Å²) in [6.45, 7) is -0.0401. The summed E-state index contributed by atoms with van der Waals surface area (Å²) in [6.07, 6.45) is -1.93. The lowest BCUT2D eigenvalue weighted by Gasteiger charge is -2.12. The Morgan fingerprint density at radius 1 is 1.13 bits per heavy atom. The number of aromatic amines is 1. The Balaban J connectivity index is 1.49. The number of alkyl halides is 3. The topological polar surface area (TPSA) is 97.7 Å². The van der Waals surface area contributed by atoms with Crippen LogP contribution in [0.3, 0.4) is 0 Å². The zero-order chi connectivity index (χ0) is 21.1. The molecule has 4 rings (SSSR count). The number of pyridine rings is 1. The summed E-state index contributed by atoms with van der Waals surface area (Å²) in [7, 11) is 0. The first-order chi connectivity index (χ1) is 14.4. The highest BCUT2D eigenvalue weighted by Crippen LogP contribution is 2.34. The molecule has 8 nitrogen and oxygen atoms in total. The largest absolute Gasteiger partial charge is 0.475 e. The van der Waals surface area contributed by atoms with Crippen molar-refractivity contribution in [1.29, 1.82) is 0 Å². The van der Waals surface area contributed by atoms with Crippen LogP contribution in [0.5, 0.6) is 5.88 Å². The van der Waals surface area contributed by atoms with Crippen LogP contribution in [0.2, 0.25) is 0 Å². The normalized spacial score (nSPS) is 11.6. The van der Waals surface area contributed by atoms with Crippen molar-refractivity contribution in [3.63, 3.8) is 0 Å².